The topological polar surface area (TPSA) is 38.1 Å². The molecule has 2 heterocycles. The van der Waals surface area contributed by atoms with E-state index in [2.05, 4.69) is 33.8 Å². The van der Waals surface area contributed by atoms with Gasteiger partial charge in [0.15, 0.2) is 0 Å². The van der Waals surface area contributed by atoms with Gasteiger partial charge >= 0.3 is 0 Å². The minimum atomic E-state index is -0.151. The highest BCUT2D eigenvalue weighted by atomic mass is 16.3. The second-order valence-electron chi connectivity index (χ2n) is 6.73. The van der Waals surface area contributed by atoms with Crippen LogP contribution in [0.3, 0.4) is 0 Å². The number of benzene rings is 1. The van der Waals surface area contributed by atoms with E-state index in [1.165, 1.54) is 36.1 Å². The first-order valence-electron chi connectivity index (χ1n) is 7.59. The maximum absolute atomic E-state index is 10.4. The lowest BCUT2D eigenvalue weighted by Gasteiger charge is -2.61. The number of aromatic nitrogens is 2. The van der Waals surface area contributed by atoms with Gasteiger partial charge in [-0.05, 0) is 30.2 Å². The predicted octanol–water partition coefficient (Wildman–Crippen LogP) is 3.00. The Kier molecular flexibility index (Phi) is 1.96. The Morgan fingerprint density at radius 2 is 2.10 bits per heavy atom. The molecule has 0 saturated heterocycles. The van der Waals surface area contributed by atoms with Gasteiger partial charge in [0.1, 0.15) is 0 Å². The Morgan fingerprint density at radius 3 is 2.85 bits per heavy atom. The molecule has 2 fully saturated rings. The van der Waals surface area contributed by atoms with Crippen LogP contribution in [0.4, 0.5) is 0 Å². The van der Waals surface area contributed by atoms with Gasteiger partial charge in [-0.2, -0.15) is 0 Å². The van der Waals surface area contributed by atoms with Crippen molar-refractivity contribution in [3.63, 3.8) is 0 Å². The molecule has 3 aliphatic rings. The summed E-state index contributed by atoms with van der Waals surface area (Å²) in [6, 6.07) is 8.90. The molecule has 0 amide bonds. The molecule has 1 unspecified atom stereocenters. The fourth-order valence-electron chi connectivity index (χ4n) is 4.88. The van der Waals surface area contributed by atoms with Gasteiger partial charge in [0.2, 0.25) is 0 Å². The number of aliphatic hydroxyl groups excluding tert-OH is 1. The summed E-state index contributed by atoms with van der Waals surface area (Å²) in [6.07, 6.45) is 8.65. The highest BCUT2D eigenvalue weighted by molar-refractivity contribution is 5.69. The third-order valence-corrected chi connectivity index (χ3v) is 5.95. The molecule has 1 aromatic carbocycles. The van der Waals surface area contributed by atoms with E-state index in [1.54, 1.807) is 0 Å². The summed E-state index contributed by atoms with van der Waals surface area (Å²) in [4.78, 5) is 4.33. The number of rotatable bonds is 1. The Labute approximate surface area is 118 Å². The van der Waals surface area contributed by atoms with Crippen molar-refractivity contribution in [2.45, 2.75) is 37.8 Å². The first-order chi connectivity index (χ1) is 9.80. The van der Waals surface area contributed by atoms with E-state index >= 15 is 0 Å². The average molecular weight is 266 g/mol. The minimum Gasteiger partial charge on any atom is -0.393 e. The van der Waals surface area contributed by atoms with Gasteiger partial charge in [-0.15, -0.1) is 0 Å². The summed E-state index contributed by atoms with van der Waals surface area (Å²) in [5, 5.41) is 10.4. The van der Waals surface area contributed by atoms with Crippen molar-refractivity contribution >= 4 is 0 Å². The smallest absolute Gasteiger partial charge is 0.0956 e. The highest BCUT2D eigenvalue weighted by Gasteiger charge is 2.60. The third-order valence-electron chi connectivity index (χ3n) is 5.95. The van der Waals surface area contributed by atoms with Crippen molar-refractivity contribution in [1.82, 2.24) is 9.55 Å². The standard InChI is InChI=1S/C17H18N2O/c20-14-8-17(6-3-7-17)15(14)16-12-5-2-1-4-11(12)13-9-18-10-19(13)16/h1-2,4-5,9-10,14-16,20H,3,6-8H2/t14-,15-,16?/m0/s1. The van der Waals surface area contributed by atoms with Gasteiger partial charge in [0.05, 0.1) is 30.4 Å². The van der Waals surface area contributed by atoms with Gasteiger partial charge in [-0.1, -0.05) is 30.7 Å². The summed E-state index contributed by atoms with van der Waals surface area (Å²) < 4.78 is 2.29. The quantitative estimate of drug-likeness (QED) is 0.861. The summed E-state index contributed by atoms with van der Waals surface area (Å²) in [5.74, 6) is 0.368. The normalized spacial score (nSPS) is 32.4. The Bertz CT molecular complexity index is 686. The summed E-state index contributed by atoms with van der Waals surface area (Å²) in [5.41, 5.74) is 4.28. The number of nitrogens with zero attached hydrogens (tertiary/aromatic N) is 2. The first kappa shape index (κ1) is 11.1. The number of fused-ring (bicyclic) bond motifs is 3. The number of aliphatic hydroxyl groups is 1. The van der Waals surface area contributed by atoms with Crippen LogP contribution in [0.1, 0.15) is 37.3 Å². The van der Waals surface area contributed by atoms with Crippen molar-refractivity contribution < 1.29 is 5.11 Å². The molecule has 2 aromatic rings. The predicted molar refractivity (Wildman–Crippen MR) is 76.2 cm³/mol. The van der Waals surface area contributed by atoms with Gasteiger partial charge < -0.3 is 9.67 Å². The monoisotopic (exact) mass is 266 g/mol. The second-order valence-corrected chi connectivity index (χ2v) is 6.73. The first-order valence-corrected chi connectivity index (χ1v) is 7.59. The molecule has 20 heavy (non-hydrogen) atoms. The number of hydrogen-bond donors (Lipinski definition) is 1. The molecule has 0 radical (unpaired) electrons. The van der Waals surface area contributed by atoms with Crippen LogP contribution in [-0.2, 0) is 0 Å². The largest absolute Gasteiger partial charge is 0.393 e. The zero-order chi connectivity index (χ0) is 13.3. The zero-order valence-corrected chi connectivity index (χ0v) is 11.4. The minimum absolute atomic E-state index is 0.151. The van der Waals surface area contributed by atoms with E-state index < -0.39 is 0 Å². The molecular weight excluding hydrogens is 248 g/mol. The van der Waals surface area contributed by atoms with Gasteiger partial charge in [0.25, 0.3) is 0 Å². The Morgan fingerprint density at radius 1 is 1.25 bits per heavy atom. The van der Waals surface area contributed by atoms with Crippen LogP contribution in [0, 0.1) is 11.3 Å². The summed E-state index contributed by atoms with van der Waals surface area (Å²) >= 11 is 0. The van der Waals surface area contributed by atoms with E-state index in [0.29, 0.717) is 11.3 Å². The second kappa shape index (κ2) is 3.53. The van der Waals surface area contributed by atoms with Crippen LogP contribution in [0.15, 0.2) is 36.8 Å². The summed E-state index contributed by atoms with van der Waals surface area (Å²) in [6.45, 7) is 0. The summed E-state index contributed by atoms with van der Waals surface area (Å²) in [7, 11) is 0. The molecule has 1 spiro atoms. The van der Waals surface area contributed by atoms with Crippen LogP contribution >= 0.6 is 0 Å². The van der Waals surface area contributed by atoms with Crippen LogP contribution in [0.25, 0.3) is 11.3 Å². The van der Waals surface area contributed by atoms with Crippen molar-refractivity contribution in [3.8, 4) is 11.3 Å². The highest BCUT2D eigenvalue weighted by Crippen LogP contribution is 2.65. The van der Waals surface area contributed by atoms with Gasteiger partial charge in [0, 0.05) is 11.5 Å². The van der Waals surface area contributed by atoms with Crippen molar-refractivity contribution in [2.75, 3.05) is 0 Å². The molecule has 3 heteroatoms. The van der Waals surface area contributed by atoms with Crippen LogP contribution in [-0.4, -0.2) is 20.8 Å². The van der Waals surface area contributed by atoms with Gasteiger partial charge in [-0.25, -0.2) is 4.98 Å². The lowest BCUT2D eigenvalue weighted by Crippen LogP contribution is -2.58. The van der Waals surface area contributed by atoms with Crippen LogP contribution in [0.2, 0.25) is 0 Å². The third kappa shape index (κ3) is 1.14. The average Bonchev–Trinajstić information content (AvgIpc) is 2.97. The molecule has 2 saturated carbocycles. The molecule has 1 N–H and O–H groups in total. The molecule has 3 atom stereocenters. The molecule has 0 bridgehead atoms. The fourth-order valence-corrected chi connectivity index (χ4v) is 4.88. The molecule has 1 aliphatic heterocycles. The lowest BCUT2D eigenvalue weighted by atomic mass is 9.46. The SMILES string of the molecule is O[C@H]1CC2(CCC2)[C@@H]1C1c2ccccc2-c2cncn21. The number of imidazole rings is 1. The van der Waals surface area contributed by atoms with Crippen molar-refractivity contribution in [2.24, 2.45) is 11.3 Å². The fraction of sp³-hybridized carbons (Fsp3) is 0.471. The molecule has 5 rings (SSSR count). The molecule has 102 valence electrons. The van der Waals surface area contributed by atoms with Crippen molar-refractivity contribution in [3.05, 3.63) is 42.4 Å². The van der Waals surface area contributed by atoms with E-state index in [1.807, 2.05) is 12.5 Å². The Balaban J connectivity index is 1.68. The lowest BCUT2D eigenvalue weighted by molar-refractivity contribution is -0.165. The van der Waals surface area contributed by atoms with Crippen molar-refractivity contribution in [1.29, 1.82) is 0 Å². The maximum atomic E-state index is 10.4. The van der Waals surface area contributed by atoms with E-state index in [0.717, 1.165) is 6.42 Å². The van der Waals surface area contributed by atoms with Crippen LogP contribution < -0.4 is 0 Å². The Hall–Kier alpha value is -1.61. The maximum Gasteiger partial charge on any atom is 0.0956 e. The van der Waals surface area contributed by atoms with E-state index in [9.17, 15) is 5.11 Å². The van der Waals surface area contributed by atoms with E-state index in [-0.39, 0.29) is 12.1 Å². The van der Waals surface area contributed by atoms with Gasteiger partial charge in [-0.3, -0.25) is 0 Å². The molecule has 2 aliphatic carbocycles. The molecule has 3 nitrogen and oxygen atoms in total. The number of hydrogen-bond acceptors (Lipinski definition) is 2. The van der Waals surface area contributed by atoms with Crippen LogP contribution in [0.5, 0.6) is 0 Å². The zero-order valence-electron chi connectivity index (χ0n) is 11.4. The molecule has 1 aromatic heterocycles. The van der Waals surface area contributed by atoms with E-state index in [4.69, 9.17) is 0 Å². The molecular formula is C17H18N2O.